The van der Waals surface area contributed by atoms with Gasteiger partial charge in [0.25, 0.3) is 0 Å². The van der Waals surface area contributed by atoms with E-state index in [1.54, 1.807) is 6.07 Å². The van der Waals surface area contributed by atoms with Crippen LogP contribution in [0.25, 0.3) is 0 Å². The number of carbonyl (C=O) groups excluding carboxylic acids is 2. The Bertz CT molecular complexity index is 436. The summed E-state index contributed by atoms with van der Waals surface area (Å²) in [6.07, 6.45) is 3.74. The quantitative estimate of drug-likeness (QED) is 0.632. The molecule has 0 bridgehead atoms. The van der Waals surface area contributed by atoms with Gasteiger partial charge in [-0.05, 0) is 50.9 Å². The molecule has 1 aromatic heterocycles. The van der Waals surface area contributed by atoms with Crippen molar-refractivity contribution < 1.29 is 14.3 Å². The van der Waals surface area contributed by atoms with E-state index in [9.17, 15) is 9.59 Å². The van der Waals surface area contributed by atoms with Gasteiger partial charge in [0.2, 0.25) is 0 Å². The van der Waals surface area contributed by atoms with Gasteiger partial charge in [-0.3, -0.25) is 15.6 Å². The van der Waals surface area contributed by atoms with Gasteiger partial charge in [-0.1, -0.05) is 6.07 Å². The molecule has 0 aromatic carbocycles. The molecule has 2 heterocycles. The highest BCUT2D eigenvalue weighted by Gasteiger charge is 2.35. The van der Waals surface area contributed by atoms with E-state index in [0.29, 0.717) is 6.61 Å². The zero-order chi connectivity index (χ0) is 16.8. The number of carbonyl (C=O) groups is 2. The van der Waals surface area contributed by atoms with Crippen LogP contribution in [-0.2, 0) is 9.53 Å². The van der Waals surface area contributed by atoms with Gasteiger partial charge in [0.1, 0.15) is 11.9 Å². The molecule has 7 heteroatoms. The first kappa shape index (κ1) is 21.0. The average molecular weight is 345 g/mol. The Balaban J connectivity index is 0.000000343. The molecule has 1 aromatic rings. The molecular weight excluding hydrogens is 320 g/mol. The summed E-state index contributed by atoms with van der Waals surface area (Å²) in [5.74, 6) is 0. The van der Waals surface area contributed by atoms with E-state index >= 15 is 0 Å². The number of rotatable bonds is 5. The van der Waals surface area contributed by atoms with Gasteiger partial charge >= 0.3 is 0 Å². The number of nitrogens with one attached hydrogen (secondary N) is 2. The molecule has 2 atom stereocenters. The molecule has 0 amide bonds. The first-order valence-electron chi connectivity index (χ1n) is 6.82. The van der Waals surface area contributed by atoms with Crippen LogP contribution >= 0.6 is 23.1 Å². The van der Waals surface area contributed by atoms with E-state index in [-0.39, 0.29) is 10.9 Å². The van der Waals surface area contributed by atoms with Crippen molar-refractivity contribution in [2.75, 3.05) is 20.7 Å². The monoisotopic (exact) mass is 344 g/mol. The maximum absolute atomic E-state index is 10.6. The van der Waals surface area contributed by atoms with Crippen molar-refractivity contribution in [3.63, 3.8) is 0 Å². The first-order valence-corrected chi connectivity index (χ1v) is 8.64. The zero-order valence-electron chi connectivity index (χ0n) is 13.4. The van der Waals surface area contributed by atoms with E-state index in [0.717, 1.165) is 17.4 Å². The van der Waals surface area contributed by atoms with Crippen LogP contribution in [0.3, 0.4) is 0 Å². The molecule has 2 rings (SSSR count). The summed E-state index contributed by atoms with van der Waals surface area (Å²) in [5.41, 5.74) is 4.99. The van der Waals surface area contributed by atoms with Crippen molar-refractivity contribution in [1.29, 1.82) is 0 Å². The minimum absolute atomic E-state index is 0.0672. The maximum Gasteiger partial charge on any atom is 0.159 e. The summed E-state index contributed by atoms with van der Waals surface area (Å²) in [4.78, 5) is 21.2. The van der Waals surface area contributed by atoms with Crippen LogP contribution in [0.4, 0.5) is 0 Å². The number of hydrazine groups is 1. The predicted octanol–water partition coefficient (Wildman–Crippen LogP) is 2.51. The lowest BCUT2D eigenvalue weighted by molar-refractivity contribution is -0.111. The van der Waals surface area contributed by atoms with Crippen molar-refractivity contribution in [1.82, 2.24) is 10.9 Å². The van der Waals surface area contributed by atoms with E-state index < -0.39 is 0 Å². The highest BCUT2D eigenvalue weighted by atomic mass is 32.2. The number of thiophene rings is 1. The summed E-state index contributed by atoms with van der Waals surface area (Å²) in [6.45, 7) is 4.52. The van der Waals surface area contributed by atoms with Crippen LogP contribution in [0, 0.1) is 0 Å². The molecule has 0 aliphatic carbocycles. The summed E-state index contributed by atoms with van der Waals surface area (Å²) in [6, 6.07) is 3.64. The second-order valence-corrected chi connectivity index (χ2v) is 6.28. The van der Waals surface area contributed by atoms with Crippen molar-refractivity contribution in [2.24, 2.45) is 0 Å². The number of hydrogen-bond donors (Lipinski definition) is 2. The van der Waals surface area contributed by atoms with E-state index in [2.05, 4.69) is 10.9 Å². The summed E-state index contributed by atoms with van der Waals surface area (Å²) < 4.78 is 5.45. The van der Waals surface area contributed by atoms with E-state index in [4.69, 9.17) is 4.74 Å². The summed E-state index contributed by atoms with van der Waals surface area (Å²) in [7, 11) is 3.64. The molecule has 2 N–H and O–H groups in total. The fourth-order valence-corrected chi connectivity index (χ4v) is 2.98. The van der Waals surface area contributed by atoms with Crippen LogP contribution in [0.5, 0.6) is 0 Å². The molecule has 0 saturated heterocycles. The lowest BCUT2D eigenvalue weighted by atomic mass is 10.0. The van der Waals surface area contributed by atoms with Crippen molar-refractivity contribution in [3.8, 4) is 0 Å². The molecule has 1 aliphatic heterocycles. The Kier molecular flexibility index (Phi) is 12.0. The zero-order valence-corrected chi connectivity index (χ0v) is 15.0. The number of hydrogen-bond acceptors (Lipinski definition) is 7. The molecule has 0 radical (unpaired) electrons. The van der Waals surface area contributed by atoms with Gasteiger partial charge < -0.3 is 9.53 Å². The van der Waals surface area contributed by atoms with Gasteiger partial charge in [-0.15, -0.1) is 23.1 Å². The Hall–Kier alpha value is -0.990. The third-order valence-electron chi connectivity index (χ3n) is 2.68. The maximum atomic E-state index is 10.6. The number of aldehydes is 2. The van der Waals surface area contributed by atoms with Gasteiger partial charge in [-0.25, -0.2) is 0 Å². The average Bonchev–Trinajstić information content (AvgIpc) is 3.17. The topological polar surface area (TPSA) is 67.4 Å². The van der Waals surface area contributed by atoms with Crippen LogP contribution in [-0.4, -0.2) is 44.1 Å². The van der Waals surface area contributed by atoms with E-state index in [1.807, 2.05) is 50.9 Å². The molecular formula is C15H24N2O3S2. The predicted molar refractivity (Wildman–Crippen MR) is 94.4 cm³/mol. The molecule has 22 heavy (non-hydrogen) atoms. The summed E-state index contributed by atoms with van der Waals surface area (Å²) in [5, 5.41) is 3.74. The molecule has 0 saturated carbocycles. The Labute approximate surface area is 140 Å². The number of thioether (sulfide) groups is 1. The molecule has 0 spiro atoms. The third kappa shape index (κ3) is 7.86. The molecule has 1 aliphatic rings. The highest BCUT2D eigenvalue weighted by molar-refractivity contribution is 8.03. The first-order chi connectivity index (χ1) is 10.6. The number of ether oxygens (including phenoxy) is 1. The van der Waals surface area contributed by atoms with Gasteiger partial charge in [-0.2, -0.15) is 0 Å². The normalized spacial score (nSPS) is 22.1. The lowest BCUT2D eigenvalue weighted by Crippen LogP contribution is -2.36. The third-order valence-corrected chi connectivity index (χ3v) is 4.64. The SMILES string of the molecule is CCOC1(C)C=CSC1C=O.CNNC.O=Cc1cccs1. The molecule has 5 nitrogen and oxygen atoms in total. The minimum atomic E-state index is -0.374. The lowest BCUT2D eigenvalue weighted by Gasteiger charge is -2.25. The Morgan fingerprint density at radius 2 is 2.05 bits per heavy atom. The highest BCUT2D eigenvalue weighted by Crippen LogP contribution is 2.34. The van der Waals surface area contributed by atoms with Gasteiger partial charge in [0.05, 0.1) is 10.1 Å². The fourth-order valence-electron chi connectivity index (χ4n) is 1.46. The van der Waals surface area contributed by atoms with Gasteiger partial charge in [0, 0.05) is 6.61 Å². The Morgan fingerprint density at radius 1 is 1.36 bits per heavy atom. The van der Waals surface area contributed by atoms with Gasteiger partial charge in [0.15, 0.2) is 6.29 Å². The van der Waals surface area contributed by atoms with Crippen LogP contribution in [0.1, 0.15) is 23.5 Å². The Morgan fingerprint density at radius 3 is 2.41 bits per heavy atom. The van der Waals surface area contributed by atoms with E-state index in [1.165, 1.54) is 23.1 Å². The standard InChI is InChI=1S/C8H12O2S.C5H4OS.C2H8N2/c1-3-10-8(2)4-5-11-7(8)6-9;6-4-5-2-1-3-7-5;1-3-4-2/h4-7H,3H2,1-2H3;1-4H;3-4H,1-2H3. The van der Waals surface area contributed by atoms with Crippen molar-refractivity contribution in [3.05, 3.63) is 33.9 Å². The van der Waals surface area contributed by atoms with Crippen molar-refractivity contribution in [2.45, 2.75) is 24.7 Å². The fraction of sp³-hybridized carbons (Fsp3) is 0.467. The minimum Gasteiger partial charge on any atom is -0.370 e. The second-order valence-electron chi connectivity index (χ2n) is 4.25. The van der Waals surface area contributed by atoms with Crippen LogP contribution in [0.2, 0.25) is 0 Å². The van der Waals surface area contributed by atoms with Crippen LogP contribution < -0.4 is 10.9 Å². The largest absolute Gasteiger partial charge is 0.370 e. The molecule has 2 unspecified atom stereocenters. The molecule has 0 fully saturated rings. The molecule has 124 valence electrons. The summed E-state index contributed by atoms with van der Waals surface area (Å²) >= 11 is 2.97. The van der Waals surface area contributed by atoms with Crippen LogP contribution in [0.15, 0.2) is 29.0 Å². The van der Waals surface area contributed by atoms with Crippen molar-refractivity contribution >= 4 is 35.7 Å². The smallest absolute Gasteiger partial charge is 0.159 e. The second kappa shape index (κ2) is 12.5.